The van der Waals surface area contributed by atoms with Crippen molar-refractivity contribution < 1.29 is 9.53 Å². The van der Waals surface area contributed by atoms with Gasteiger partial charge in [-0.3, -0.25) is 10.2 Å². The van der Waals surface area contributed by atoms with Gasteiger partial charge in [0.05, 0.1) is 19.3 Å². The lowest BCUT2D eigenvalue weighted by molar-refractivity contribution is -0.129. The number of hydrogen-bond acceptors (Lipinski definition) is 4. The van der Waals surface area contributed by atoms with Gasteiger partial charge in [0.25, 0.3) is 5.91 Å². The quantitative estimate of drug-likeness (QED) is 0.802. The van der Waals surface area contributed by atoms with Crippen LogP contribution in [-0.4, -0.2) is 43.3 Å². The van der Waals surface area contributed by atoms with E-state index in [0.29, 0.717) is 19.6 Å². The van der Waals surface area contributed by atoms with E-state index in [1.807, 2.05) is 35.3 Å². The van der Waals surface area contributed by atoms with E-state index in [-0.39, 0.29) is 5.91 Å². The highest BCUT2D eigenvalue weighted by Gasteiger charge is 2.18. The van der Waals surface area contributed by atoms with Crippen molar-refractivity contribution in [2.24, 2.45) is 5.73 Å². The number of carbonyl (C=O) groups is 1. The molecule has 1 unspecified atom stereocenters. The monoisotopic (exact) mass is 263 g/mol. The van der Waals surface area contributed by atoms with Crippen molar-refractivity contribution in [2.45, 2.75) is 18.9 Å². The lowest BCUT2D eigenvalue weighted by Gasteiger charge is -2.28. The first-order valence-corrected chi connectivity index (χ1v) is 6.68. The van der Waals surface area contributed by atoms with Crippen molar-refractivity contribution in [3.05, 3.63) is 35.9 Å². The largest absolute Gasteiger partial charge is 0.379 e. The third-order valence-corrected chi connectivity index (χ3v) is 3.20. The number of nitrogens with two attached hydrogens (primary N) is 1. The molecule has 0 radical (unpaired) electrons. The Morgan fingerprint density at radius 3 is 2.68 bits per heavy atom. The van der Waals surface area contributed by atoms with Gasteiger partial charge in [0.1, 0.15) is 0 Å². The van der Waals surface area contributed by atoms with Crippen LogP contribution in [0.4, 0.5) is 0 Å². The standard InChI is InChI=1S/C14H21N3O2/c15-13(7-6-12-4-2-1-3-5-12)14(18)16-17-8-10-19-11-9-17/h1-5,13H,6-11,15H2,(H,16,18). The summed E-state index contributed by atoms with van der Waals surface area (Å²) in [6.45, 7) is 2.74. The minimum atomic E-state index is -0.469. The Balaban J connectivity index is 1.72. The fourth-order valence-electron chi connectivity index (χ4n) is 2.01. The molecule has 2 rings (SSSR count). The molecular formula is C14H21N3O2. The van der Waals surface area contributed by atoms with Crippen LogP contribution >= 0.6 is 0 Å². The van der Waals surface area contributed by atoms with Crippen molar-refractivity contribution >= 4 is 5.91 Å². The molecule has 1 saturated heterocycles. The van der Waals surface area contributed by atoms with Gasteiger partial charge in [-0.1, -0.05) is 30.3 Å². The zero-order chi connectivity index (χ0) is 13.5. The first kappa shape index (κ1) is 14.0. The molecule has 1 fully saturated rings. The summed E-state index contributed by atoms with van der Waals surface area (Å²) in [5, 5.41) is 1.87. The lowest BCUT2D eigenvalue weighted by atomic mass is 10.1. The molecule has 1 heterocycles. The molecule has 0 aromatic heterocycles. The van der Waals surface area contributed by atoms with Gasteiger partial charge in [-0.05, 0) is 18.4 Å². The number of carbonyl (C=O) groups excluding carboxylic acids is 1. The molecule has 1 aromatic rings. The fraction of sp³-hybridized carbons (Fsp3) is 0.500. The molecule has 1 atom stereocenters. The van der Waals surface area contributed by atoms with Crippen molar-refractivity contribution in [3.63, 3.8) is 0 Å². The second kappa shape index (κ2) is 7.23. The molecule has 0 aliphatic carbocycles. The van der Waals surface area contributed by atoms with Crippen LogP contribution in [0.15, 0.2) is 30.3 Å². The number of hydrazine groups is 1. The molecule has 0 spiro atoms. The second-order valence-electron chi connectivity index (χ2n) is 4.71. The fourth-order valence-corrected chi connectivity index (χ4v) is 2.01. The van der Waals surface area contributed by atoms with Crippen molar-refractivity contribution in [1.29, 1.82) is 0 Å². The van der Waals surface area contributed by atoms with Crippen LogP contribution in [0.2, 0.25) is 0 Å². The highest BCUT2D eigenvalue weighted by Crippen LogP contribution is 2.04. The summed E-state index contributed by atoms with van der Waals surface area (Å²) in [6.07, 6.45) is 1.47. The van der Waals surface area contributed by atoms with Gasteiger partial charge in [-0.2, -0.15) is 0 Å². The van der Waals surface area contributed by atoms with E-state index in [9.17, 15) is 4.79 Å². The number of nitrogens with one attached hydrogen (secondary N) is 1. The average Bonchev–Trinajstić information content (AvgIpc) is 2.47. The van der Waals surface area contributed by atoms with Crippen molar-refractivity contribution in [3.8, 4) is 0 Å². The maximum Gasteiger partial charge on any atom is 0.251 e. The van der Waals surface area contributed by atoms with Crippen LogP contribution in [0, 0.1) is 0 Å². The predicted octanol–water partition coefficient (Wildman–Crippen LogP) is 0.310. The zero-order valence-electron chi connectivity index (χ0n) is 11.0. The molecule has 0 saturated carbocycles. The number of hydrogen-bond donors (Lipinski definition) is 2. The molecule has 5 nitrogen and oxygen atoms in total. The van der Waals surface area contributed by atoms with Crippen LogP contribution in [-0.2, 0) is 16.0 Å². The summed E-state index contributed by atoms with van der Waals surface area (Å²) in [4.78, 5) is 11.9. The normalized spacial score (nSPS) is 17.9. The Labute approximate surface area is 113 Å². The number of ether oxygens (including phenoxy) is 1. The van der Waals surface area contributed by atoms with Gasteiger partial charge in [0.15, 0.2) is 0 Å². The van der Waals surface area contributed by atoms with E-state index >= 15 is 0 Å². The number of nitrogens with zero attached hydrogens (tertiary/aromatic N) is 1. The molecular weight excluding hydrogens is 242 g/mol. The summed E-state index contributed by atoms with van der Waals surface area (Å²) in [7, 11) is 0. The van der Waals surface area contributed by atoms with E-state index < -0.39 is 6.04 Å². The molecule has 1 aromatic carbocycles. The maximum atomic E-state index is 11.9. The van der Waals surface area contributed by atoms with Gasteiger partial charge in [0, 0.05) is 13.1 Å². The molecule has 1 aliphatic rings. The number of benzene rings is 1. The summed E-state index contributed by atoms with van der Waals surface area (Å²) >= 11 is 0. The van der Waals surface area contributed by atoms with Crippen LogP contribution < -0.4 is 11.2 Å². The Bertz CT molecular complexity index is 391. The van der Waals surface area contributed by atoms with Crippen LogP contribution in [0.1, 0.15) is 12.0 Å². The number of morpholine rings is 1. The first-order chi connectivity index (χ1) is 9.25. The molecule has 104 valence electrons. The molecule has 0 bridgehead atoms. The predicted molar refractivity (Wildman–Crippen MR) is 73.3 cm³/mol. The SMILES string of the molecule is NC(CCc1ccccc1)C(=O)NN1CCOCC1. The van der Waals surface area contributed by atoms with E-state index in [1.54, 1.807) is 0 Å². The maximum absolute atomic E-state index is 11.9. The zero-order valence-corrected chi connectivity index (χ0v) is 11.0. The van der Waals surface area contributed by atoms with E-state index in [4.69, 9.17) is 10.5 Å². The number of aryl methyl sites for hydroxylation is 1. The Kier molecular flexibility index (Phi) is 5.32. The Hall–Kier alpha value is -1.43. The van der Waals surface area contributed by atoms with Gasteiger partial charge < -0.3 is 10.5 Å². The minimum Gasteiger partial charge on any atom is -0.379 e. The van der Waals surface area contributed by atoms with Gasteiger partial charge >= 0.3 is 0 Å². The summed E-state index contributed by atoms with van der Waals surface area (Å²) in [5.74, 6) is -0.113. The number of amides is 1. The molecule has 1 amide bonds. The van der Waals surface area contributed by atoms with Crippen molar-refractivity contribution in [2.75, 3.05) is 26.3 Å². The molecule has 19 heavy (non-hydrogen) atoms. The van der Waals surface area contributed by atoms with Gasteiger partial charge in [-0.15, -0.1) is 0 Å². The van der Waals surface area contributed by atoms with E-state index in [1.165, 1.54) is 5.56 Å². The second-order valence-corrected chi connectivity index (χ2v) is 4.71. The molecule has 1 aliphatic heterocycles. The third kappa shape index (κ3) is 4.63. The van der Waals surface area contributed by atoms with Gasteiger partial charge in [0.2, 0.25) is 0 Å². The molecule has 3 N–H and O–H groups in total. The Morgan fingerprint density at radius 1 is 1.32 bits per heavy atom. The van der Waals surface area contributed by atoms with E-state index in [0.717, 1.165) is 19.5 Å². The third-order valence-electron chi connectivity index (χ3n) is 3.20. The van der Waals surface area contributed by atoms with Crippen LogP contribution in [0.25, 0.3) is 0 Å². The van der Waals surface area contributed by atoms with Crippen LogP contribution in [0.5, 0.6) is 0 Å². The summed E-state index contributed by atoms with van der Waals surface area (Å²) < 4.78 is 5.22. The lowest BCUT2D eigenvalue weighted by Crippen LogP contribution is -2.53. The van der Waals surface area contributed by atoms with Crippen LogP contribution in [0.3, 0.4) is 0 Å². The van der Waals surface area contributed by atoms with Gasteiger partial charge in [-0.25, -0.2) is 5.01 Å². The average molecular weight is 263 g/mol. The Morgan fingerprint density at radius 2 is 2.00 bits per heavy atom. The van der Waals surface area contributed by atoms with E-state index in [2.05, 4.69) is 5.43 Å². The smallest absolute Gasteiger partial charge is 0.251 e. The summed E-state index contributed by atoms with van der Waals surface area (Å²) in [6, 6.07) is 9.60. The minimum absolute atomic E-state index is 0.113. The first-order valence-electron chi connectivity index (χ1n) is 6.68. The molecule has 5 heteroatoms. The highest BCUT2D eigenvalue weighted by molar-refractivity contribution is 5.80. The highest BCUT2D eigenvalue weighted by atomic mass is 16.5. The summed E-state index contributed by atoms with van der Waals surface area (Å²) in [5.41, 5.74) is 9.96. The van der Waals surface area contributed by atoms with Crippen molar-refractivity contribution in [1.82, 2.24) is 10.4 Å². The number of rotatable bonds is 5. The topological polar surface area (TPSA) is 67.6 Å².